The summed E-state index contributed by atoms with van der Waals surface area (Å²) in [6.07, 6.45) is 1.53. The predicted molar refractivity (Wildman–Crippen MR) is 45.6 cm³/mol. The Morgan fingerprint density at radius 2 is 2.17 bits per heavy atom. The Morgan fingerprint density at radius 1 is 1.50 bits per heavy atom. The van der Waals surface area contributed by atoms with Crippen LogP contribution in [0, 0.1) is 0 Å². The molecular weight excluding hydrogens is 158 g/mol. The second-order valence-corrected chi connectivity index (χ2v) is 2.68. The minimum absolute atomic E-state index is 0.0264. The first-order valence-electron chi connectivity index (χ1n) is 4.25. The van der Waals surface area contributed by atoms with Crippen molar-refractivity contribution in [1.29, 1.82) is 0 Å². The lowest BCUT2D eigenvalue weighted by Gasteiger charge is -2.13. The van der Waals surface area contributed by atoms with Crippen molar-refractivity contribution in [1.82, 2.24) is 5.32 Å². The maximum atomic E-state index is 11.0. The van der Waals surface area contributed by atoms with Gasteiger partial charge in [0, 0.05) is 13.0 Å². The summed E-state index contributed by atoms with van der Waals surface area (Å²) in [5, 5.41) is 19.8. The largest absolute Gasteiger partial charge is 0.396 e. The maximum Gasteiger partial charge on any atom is 0.220 e. The van der Waals surface area contributed by atoms with Gasteiger partial charge in [0.15, 0.2) is 0 Å². The quantitative estimate of drug-likeness (QED) is 0.516. The molecule has 0 bridgehead atoms. The van der Waals surface area contributed by atoms with E-state index in [0.29, 0.717) is 12.8 Å². The molecule has 4 heteroatoms. The van der Waals surface area contributed by atoms with Gasteiger partial charge in [0.2, 0.25) is 5.91 Å². The molecule has 0 unspecified atom stereocenters. The van der Waals surface area contributed by atoms with Gasteiger partial charge in [-0.3, -0.25) is 4.79 Å². The van der Waals surface area contributed by atoms with E-state index in [4.69, 9.17) is 10.2 Å². The number of carbonyl (C=O) groups is 1. The van der Waals surface area contributed by atoms with Crippen molar-refractivity contribution < 1.29 is 15.0 Å². The summed E-state index contributed by atoms with van der Waals surface area (Å²) < 4.78 is 0. The van der Waals surface area contributed by atoms with Crippen molar-refractivity contribution in [3.05, 3.63) is 0 Å². The van der Waals surface area contributed by atoms with Crippen LogP contribution in [0.5, 0.6) is 0 Å². The highest BCUT2D eigenvalue weighted by atomic mass is 16.3. The van der Waals surface area contributed by atoms with Crippen LogP contribution in [0.4, 0.5) is 0 Å². The Hall–Kier alpha value is -0.610. The zero-order valence-corrected chi connectivity index (χ0v) is 7.42. The number of amides is 1. The van der Waals surface area contributed by atoms with Crippen LogP contribution in [0.3, 0.4) is 0 Å². The second-order valence-electron chi connectivity index (χ2n) is 2.68. The summed E-state index contributed by atoms with van der Waals surface area (Å²) in [6.45, 7) is 1.90. The maximum absolute atomic E-state index is 11.0. The van der Waals surface area contributed by atoms with Crippen LogP contribution in [0.2, 0.25) is 0 Å². The molecule has 0 aliphatic carbocycles. The van der Waals surface area contributed by atoms with Gasteiger partial charge < -0.3 is 15.5 Å². The fourth-order valence-corrected chi connectivity index (χ4v) is 0.816. The van der Waals surface area contributed by atoms with Crippen LogP contribution < -0.4 is 5.32 Å². The summed E-state index contributed by atoms with van der Waals surface area (Å²) in [6, 6.07) is -0.142. The molecule has 12 heavy (non-hydrogen) atoms. The summed E-state index contributed by atoms with van der Waals surface area (Å²) in [5.74, 6) is -0.107. The van der Waals surface area contributed by atoms with Crippen molar-refractivity contribution in [3.8, 4) is 0 Å². The molecule has 0 aliphatic heterocycles. The molecule has 3 N–H and O–H groups in total. The first-order chi connectivity index (χ1) is 5.74. The number of aliphatic hydroxyl groups excluding tert-OH is 2. The van der Waals surface area contributed by atoms with Gasteiger partial charge in [0.1, 0.15) is 0 Å². The Balaban J connectivity index is 3.52. The van der Waals surface area contributed by atoms with Gasteiger partial charge in [-0.15, -0.1) is 0 Å². The van der Waals surface area contributed by atoms with Crippen LogP contribution in [0.1, 0.15) is 26.2 Å². The zero-order chi connectivity index (χ0) is 9.40. The van der Waals surface area contributed by atoms with E-state index < -0.39 is 0 Å². The summed E-state index contributed by atoms with van der Waals surface area (Å²) in [5.41, 5.74) is 0. The third-order valence-corrected chi connectivity index (χ3v) is 1.64. The molecule has 72 valence electrons. The van der Waals surface area contributed by atoms with Gasteiger partial charge in [0.05, 0.1) is 12.6 Å². The number of hydrogen-bond acceptors (Lipinski definition) is 3. The lowest BCUT2D eigenvalue weighted by Crippen LogP contribution is -2.36. The normalized spacial score (nSPS) is 12.6. The lowest BCUT2D eigenvalue weighted by atomic mass is 10.2. The van der Waals surface area contributed by atoms with Crippen LogP contribution in [0.25, 0.3) is 0 Å². The molecule has 0 rings (SSSR count). The van der Waals surface area contributed by atoms with Crippen molar-refractivity contribution in [2.24, 2.45) is 0 Å². The zero-order valence-electron chi connectivity index (χ0n) is 7.42. The molecular formula is C8H17NO3. The first-order valence-corrected chi connectivity index (χ1v) is 4.25. The molecule has 0 saturated heterocycles. The van der Waals surface area contributed by atoms with Crippen LogP contribution in [-0.2, 0) is 4.79 Å². The molecule has 0 aromatic heterocycles. The Bertz CT molecular complexity index is 123. The SMILES string of the molecule is CC[C@@H](CO)NC(=O)CCCO. The number of carbonyl (C=O) groups excluding carboxylic acids is 1. The van der Waals surface area contributed by atoms with Gasteiger partial charge in [-0.1, -0.05) is 6.92 Å². The summed E-state index contributed by atoms with van der Waals surface area (Å²) in [7, 11) is 0. The smallest absolute Gasteiger partial charge is 0.220 e. The van der Waals surface area contributed by atoms with E-state index in [1.54, 1.807) is 0 Å². The minimum Gasteiger partial charge on any atom is -0.396 e. The third-order valence-electron chi connectivity index (χ3n) is 1.64. The number of hydrogen-bond donors (Lipinski definition) is 3. The van der Waals surface area contributed by atoms with Crippen LogP contribution in [-0.4, -0.2) is 35.4 Å². The molecule has 1 amide bonds. The Labute approximate surface area is 72.6 Å². The van der Waals surface area contributed by atoms with Crippen LogP contribution in [0.15, 0.2) is 0 Å². The van der Waals surface area contributed by atoms with Gasteiger partial charge in [0.25, 0.3) is 0 Å². The molecule has 1 atom stereocenters. The topological polar surface area (TPSA) is 69.6 Å². The molecule has 0 spiro atoms. The van der Waals surface area contributed by atoms with Gasteiger partial charge in [-0.25, -0.2) is 0 Å². The van der Waals surface area contributed by atoms with Crippen molar-refractivity contribution in [2.45, 2.75) is 32.2 Å². The Morgan fingerprint density at radius 3 is 2.58 bits per heavy atom. The summed E-state index contributed by atoms with van der Waals surface area (Å²) >= 11 is 0. The number of nitrogens with one attached hydrogen (secondary N) is 1. The van der Waals surface area contributed by atoms with Crippen molar-refractivity contribution in [2.75, 3.05) is 13.2 Å². The fraction of sp³-hybridized carbons (Fsp3) is 0.875. The average Bonchev–Trinajstić information content (AvgIpc) is 2.10. The van der Waals surface area contributed by atoms with E-state index in [9.17, 15) is 4.79 Å². The highest BCUT2D eigenvalue weighted by Gasteiger charge is 2.07. The molecule has 4 nitrogen and oxygen atoms in total. The van der Waals surface area contributed by atoms with Crippen molar-refractivity contribution >= 4 is 5.91 Å². The van der Waals surface area contributed by atoms with Gasteiger partial charge in [-0.05, 0) is 12.8 Å². The molecule has 0 fully saturated rings. The Kier molecular flexibility index (Phi) is 6.70. The van der Waals surface area contributed by atoms with E-state index in [-0.39, 0.29) is 25.2 Å². The van der Waals surface area contributed by atoms with Gasteiger partial charge >= 0.3 is 0 Å². The first kappa shape index (κ1) is 11.4. The summed E-state index contributed by atoms with van der Waals surface area (Å²) in [4.78, 5) is 11.0. The van der Waals surface area contributed by atoms with Gasteiger partial charge in [-0.2, -0.15) is 0 Å². The minimum atomic E-state index is -0.142. The van der Waals surface area contributed by atoms with Crippen molar-refractivity contribution in [3.63, 3.8) is 0 Å². The molecule has 0 aromatic rings. The predicted octanol–water partition coefficient (Wildman–Crippen LogP) is -0.354. The molecule has 0 saturated carbocycles. The molecule has 0 aromatic carbocycles. The fourth-order valence-electron chi connectivity index (χ4n) is 0.816. The highest BCUT2D eigenvalue weighted by Crippen LogP contribution is 1.92. The van der Waals surface area contributed by atoms with E-state index in [2.05, 4.69) is 5.32 Å². The monoisotopic (exact) mass is 175 g/mol. The molecule has 0 radical (unpaired) electrons. The van der Waals surface area contributed by atoms with Crippen LogP contribution >= 0.6 is 0 Å². The third kappa shape index (κ3) is 5.09. The van der Waals surface area contributed by atoms with E-state index in [0.717, 1.165) is 6.42 Å². The standard InChI is InChI=1S/C8H17NO3/c1-2-7(6-11)9-8(12)4-3-5-10/h7,10-11H,2-6H2,1H3,(H,9,12)/t7-/m0/s1. The number of aliphatic hydroxyl groups is 2. The lowest BCUT2D eigenvalue weighted by molar-refractivity contribution is -0.122. The van der Waals surface area contributed by atoms with E-state index >= 15 is 0 Å². The van der Waals surface area contributed by atoms with E-state index in [1.165, 1.54) is 0 Å². The van der Waals surface area contributed by atoms with E-state index in [1.807, 2.05) is 6.92 Å². The second kappa shape index (κ2) is 7.06. The molecule has 0 aliphatic rings. The highest BCUT2D eigenvalue weighted by molar-refractivity contribution is 5.76. The number of rotatable bonds is 6. The average molecular weight is 175 g/mol. The molecule has 0 heterocycles.